The van der Waals surface area contributed by atoms with E-state index < -0.39 is 10.7 Å². The second-order valence-corrected chi connectivity index (χ2v) is 5.70. The van der Waals surface area contributed by atoms with Gasteiger partial charge in [0.1, 0.15) is 5.82 Å². The van der Waals surface area contributed by atoms with Crippen molar-refractivity contribution < 1.29 is 9.31 Å². The highest BCUT2D eigenvalue weighted by Gasteiger charge is 2.16. The minimum Gasteiger partial charge on any atom is -0.375 e. The van der Waals surface area contributed by atoms with Gasteiger partial charge in [0.05, 0.1) is 27.4 Å². The molecule has 0 aliphatic rings. The molecule has 1 unspecified atom stereocenters. The second-order valence-electron chi connectivity index (χ2n) is 4.47. The number of rotatable bonds is 4. The normalized spacial score (nSPS) is 12.2. The van der Waals surface area contributed by atoms with Gasteiger partial charge in [0.25, 0.3) is 5.69 Å². The molecule has 5 nitrogen and oxygen atoms in total. The van der Waals surface area contributed by atoms with E-state index in [9.17, 15) is 14.5 Å². The third-order valence-corrected chi connectivity index (χ3v) is 4.12. The van der Waals surface area contributed by atoms with Crippen molar-refractivity contribution in [3.05, 3.63) is 49.7 Å². The maximum Gasteiger partial charge on any atom is 0.271 e. The summed E-state index contributed by atoms with van der Waals surface area (Å²) in [7, 11) is 0. The highest BCUT2D eigenvalue weighted by Crippen LogP contribution is 2.29. The van der Waals surface area contributed by atoms with Crippen molar-refractivity contribution in [3.8, 4) is 0 Å². The molecule has 20 heavy (non-hydrogen) atoms. The number of non-ortho nitro benzene ring substituents is 1. The fourth-order valence-corrected chi connectivity index (χ4v) is 2.91. The Morgan fingerprint density at radius 2 is 2.15 bits per heavy atom. The third kappa shape index (κ3) is 2.93. The van der Waals surface area contributed by atoms with Gasteiger partial charge in [0, 0.05) is 17.0 Å². The first-order chi connectivity index (χ1) is 9.38. The lowest BCUT2D eigenvalue weighted by Gasteiger charge is -2.14. The minimum absolute atomic E-state index is 0.122. The van der Waals surface area contributed by atoms with Gasteiger partial charge >= 0.3 is 0 Å². The van der Waals surface area contributed by atoms with E-state index in [1.165, 1.54) is 17.4 Å². The molecule has 2 aromatic rings. The number of nitro benzene ring substituents is 1. The number of nitrogens with one attached hydrogen (secondary N) is 1. The van der Waals surface area contributed by atoms with Gasteiger partial charge in [-0.2, -0.15) is 0 Å². The summed E-state index contributed by atoms with van der Waals surface area (Å²) < 4.78 is 13.7. The van der Waals surface area contributed by atoms with Gasteiger partial charge in [-0.15, -0.1) is 11.3 Å². The SMILES string of the molecule is Cc1nc(C)c(C(C)Nc2cc([N+](=O)[O-])ccc2F)s1. The molecule has 0 fully saturated rings. The van der Waals surface area contributed by atoms with Crippen molar-refractivity contribution in [3.63, 3.8) is 0 Å². The Labute approximate surface area is 119 Å². The van der Waals surface area contributed by atoms with Crippen LogP contribution in [0.2, 0.25) is 0 Å². The zero-order valence-corrected chi connectivity index (χ0v) is 12.1. The number of nitrogens with zero attached hydrogens (tertiary/aromatic N) is 2. The zero-order chi connectivity index (χ0) is 14.9. The van der Waals surface area contributed by atoms with Crippen LogP contribution < -0.4 is 5.32 Å². The van der Waals surface area contributed by atoms with Gasteiger partial charge in [-0.25, -0.2) is 9.37 Å². The summed E-state index contributed by atoms with van der Waals surface area (Å²) in [5.41, 5.74) is 0.869. The Morgan fingerprint density at radius 3 is 2.70 bits per heavy atom. The summed E-state index contributed by atoms with van der Waals surface area (Å²) in [6.45, 7) is 5.67. The van der Waals surface area contributed by atoms with Crippen LogP contribution in [0.15, 0.2) is 18.2 Å². The Balaban J connectivity index is 2.27. The molecule has 1 heterocycles. The van der Waals surface area contributed by atoms with E-state index in [1.807, 2.05) is 20.8 Å². The maximum atomic E-state index is 13.7. The first-order valence-corrected chi connectivity index (χ1v) is 6.84. The molecule has 0 saturated carbocycles. The molecule has 0 spiro atoms. The molecule has 106 valence electrons. The molecule has 7 heteroatoms. The van der Waals surface area contributed by atoms with Crippen LogP contribution in [0.25, 0.3) is 0 Å². The zero-order valence-electron chi connectivity index (χ0n) is 11.3. The lowest BCUT2D eigenvalue weighted by Crippen LogP contribution is -2.08. The highest BCUT2D eigenvalue weighted by atomic mass is 32.1. The second kappa shape index (κ2) is 5.54. The van der Waals surface area contributed by atoms with E-state index in [2.05, 4.69) is 10.3 Å². The first kappa shape index (κ1) is 14.4. The van der Waals surface area contributed by atoms with Crippen LogP contribution in [-0.4, -0.2) is 9.91 Å². The van der Waals surface area contributed by atoms with Gasteiger partial charge in [0.15, 0.2) is 0 Å². The molecule has 1 aromatic carbocycles. The van der Waals surface area contributed by atoms with Crippen LogP contribution in [0.5, 0.6) is 0 Å². The number of aromatic nitrogens is 1. The number of aryl methyl sites for hydroxylation is 2. The summed E-state index contributed by atoms with van der Waals surface area (Å²) in [5, 5.41) is 14.6. The lowest BCUT2D eigenvalue weighted by molar-refractivity contribution is -0.384. The average molecular weight is 295 g/mol. The molecule has 0 saturated heterocycles. The number of anilines is 1. The molecule has 0 amide bonds. The van der Waals surface area contributed by atoms with E-state index in [1.54, 1.807) is 0 Å². The average Bonchev–Trinajstić information content (AvgIpc) is 2.71. The largest absolute Gasteiger partial charge is 0.375 e. The molecular formula is C13H14FN3O2S. The fourth-order valence-electron chi connectivity index (χ4n) is 1.99. The quantitative estimate of drug-likeness (QED) is 0.684. The van der Waals surface area contributed by atoms with E-state index in [0.717, 1.165) is 27.7 Å². The van der Waals surface area contributed by atoms with E-state index in [4.69, 9.17) is 0 Å². The smallest absolute Gasteiger partial charge is 0.271 e. The van der Waals surface area contributed by atoms with E-state index in [-0.39, 0.29) is 17.4 Å². The number of thiazole rings is 1. The molecule has 1 N–H and O–H groups in total. The summed E-state index contributed by atoms with van der Waals surface area (Å²) in [5.74, 6) is -0.513. The monoisotopic (exact) mass is 295 g/mol. The van der Waals surface area contributed by atoms with Gasteiger partial charge in [-0.1, -0.05) is 0 Å². The molecule has 0 aliphatic carbocycles. The summed E-state index contributed by atoms with van der Waals surface area (Å²) in [4.78, 5) is 15.5. The summed E-state index contributed by atoms with van der Waals surface area (Å²) >= 11 is 1.53. The Hall–Kier alpha value is -2.02. The van der Waals surface area contributed by atoms with Crippen LogP contribution in [0, 0.1) is 29.8 Å². The van der Waals surface area contributed by atoms with Gasteiger partial charge in [-0.3, -0.25) is 10.1 Å². The van der Waals surface area contributed by atoms with E-state index in [0.29, 0.717) is 0 Å². The molecule has 0 bridgehead atoms. The van der Waals surface area contributed by atoms with Crippen molar-refractivity contribution in [1.82, 2.24) is 4.98 Å². The van der Waals surface area contributed by atoms with Crippen molar-refractivity contribution >= 4 is 22.7 Å². The Kier molecular flexibility index (Phi) is 3.99. The highest BCUT2D eigenvalue weighted by molar-refractivity contribution is 7.11. The van der Waals surface area contributed by atoms with Crippen LogP contribution in [-0.2, 0) is 0 Å². The number of benzene rings is 1. The standard InChI is InChI=1S/C13H14FN3O2S/c1-7-13(20-9(3)15-7)8(2)16-12-6-10(17(18)19)4-5-11(12)14/h4-6,8,16H,1-3H3. The fraction of sp³-hybridized carbons (Fsp3) is 0.308. The van der Waals surface area contributed by atoms with Crippen LogP contribution in [0.3, 0.4) is 0 Å². The Bertz CT molecular complexity index is 657. The molecular weight excluding hydrogens is 281 g/mol. The molecule has 1 atom stereocenters. The number of hydrogen-bond donors (Lipinski definition) is 1. The number of nitro groups is 1. The molecule has 0 aliphatic heterocycles. The third-order valence-electron chi connectivity index (χ3n) is 2.87. The maximum absolute atomic E-state index is 13.7. The number of halogens is 1. The van der Waals surface area contributed by atoms with Crippen LogP contribution >= 0.6 is 11.3 Å². The minimum atomic E-state index is -0.544. The first-order valence-electron chi connectivity index (χ1n) is 6.03. The predicted molar refractivity (Wildman–Crippen MR) is 76.7 cm³/mol. The predicted octanol–water partition coefficient (Wildman–Crippen LogP) is 3.98. The van der Waals surface area contributed by atoms with Crippen molar-refractivity contribution in [2.24, 2.45) is 0 Å². The van der Waals surface area contributed by atoms with Gasteiger partial charge in [-0.05, 0) is 26.8 Å². The van der Waals surface area contributed by atoms with Gasteiger partial charge < -0.3 is 5.32 Å². The van der Waals surface area contributed by atoms with Crippen molar-refractivity contribution in [2.45, 2.75) is 26.8 Å². The molecule has 2 rings (SSSR count). The molecule has 1 aromatic heterocycles. The topological polar surface area (TPSA) is 68.1 Å². The van der Waals surface area contributed by atoms with Crippen molar-refractivity contribution in [2.75, 3.05) is 5.32 Å². The summed E-state index contributed by atoms with van der Waals surface area (Å²) in [6, 6.07) is 3.28. The van der Waals surface area contributed by atoms with Crippen molar-refractivity contribution in [1.29, 1.82) is 0 Å². The summed E-state index contributed by atoms with van der Waals surface area (Å²) in [6.07, 6.45) is 0. The molecule has 0 radical (unpaired) electrons. The van der Waals surface area contributed by atoms with Crippen LogP contribution in [0.1, 0.15) is 28.5 Å². The van der Waals surface area contributed by atoms with Crippen LogP contribution in [0.4, 0.5) is 15.8 Å². The Morgan fingerprint density at radius 1 is 1.45 bits per heavy atom. The van der Waals surface area contributed by atoms with Gasteiger partial charge in [0.2, 0.25) is 0 Å². The van der Waals surface area contributed by atoms with E-state index >= 15 is 0 Å². The lowest BCUT2D eigenvalue weighted by atomic mass is 10.2. The number of hydrogen-bond acceptors (Lipinski definition) is 5.